The number of carbonyl (C=O) groups excluding carboxylic acids is 1. The minimum atomic E-state index is -0.705. The Morgan fingerprint density at radius 3 is 2.69 bits per heavy atom. The molecule has 0 aliphatic heterocycles. The van der Waals surface area contributed by atoms with Crippen LogP contribution in [0.1, 0.15) is 32.3 Å². The summed E-state index contributed by atoms with van der Waals surface area (Å²) in [5, 5.41) is 0. The van der Waals surface area contributed by atoms with Crippen LogP contribution in [-0.4, -0.2) is 11.8 Å². The van der Waals surface area contributed by atoms with Crippen LogP contribution in [0.4, 0.5) is 4.79 Å². The molecule has 0 unspecified atom stereocenters. The van der Waals surface area contributed by atoms with E-state index in [1.54, 1.807) is 39.0 Å². The zero-order valence-electron chi connectivity index (χ0n) is 9.78. The molecule has 1 aromatic heterocycles. The molecule has 0 saturated carbocycles. The van der Waals surface area contributed by atoms with Crippen molar-refractivity contribution in [2.45, 2.75) is 33.0 Å². The van der Waals surface area contributed by atoms with E-state index in [2.05, 4.69) is 6.58 Å². The molecule has 0 atom stereocenters. The predicted molar refractivity (Wildman–Crippen MR) is 59.8 cm³/mol. The molecule has 0 spiro atoms. The second-order valence-electron chi connectivity index (χ2n) is 4.26. The molecule has 1 heterocycles. The van der Waals surface area contributed by atoms with Crippen LogP contribution >= 0.6 is 0 Å². The number of hydrogen-bond donors (Lipinski definition) is 0. The second-order valence-corrected chi connectivity index (χ2v) is 4.26. The molecule has 1 rings (SSSR count). The fourth-order valence-electron chi connectivity index (χ4n) is 0.991. The second kappa shape index (κ2) is 4.88. The maximum Gasteiger partial charge on any atom is 0.509 e. The fourth-order valence-corrected chi connectivity index (χ4v) is 0.991. The maximum absolute atomic E-state index is 11.2. The van der Waals surface area contributed by atoms with Crippen molar-refractivity contribution in [3.05, 3.63) is 30.2 Å². The molecule has 16 heavy (non-hydrogen) atoms. The minimum absolute atomic E-state index is 0.0583. The van der Waals surface area contributed by atoms with Crippen LogP contribution in [0, 0.1) is 0 Å². The highest BCUT2D eigenvalue weighted by Gasteiger charge is 2.17. The lowest BCUT2D eigenvalue weighted by Gasteiger charge is -2.18. The van der Waals surface area contributed by atoms with Crippen LogP contribution < -0.4 is 0 Å². The first-order chi connectivity index (χ1) is 7.40. The molecule has 0 N–H and O–H groups in total. The summed E-state index contributed by atoms with van der Waals surface area (Å²) < 4.78 is 15.1. The van der Waals surface area contributed by atoms with Gasteiger partial charge in [0.1, 0.15) is 17.1 Å². The Balaban J connectivity index is 2.40. The Morgan fingerprint density at radius 1 is 1.50 bits per heavy atom. The average molecular weight is 224 g/mol. The van der Waals surface area contributed by atoms with Gasteiger partial charge >= 0.3 is 6.16 Å². The summed E-state index contributed by atoms with van der Waals surface area (Å²) in [6, 6.07) is 3.47. The van der Waals surface area contributed by atoms with Crippen molar-refractivity contribution in [3.63, 3.8) is 0 Å². The Morgan fingerprint density at radius 2 is 2.19 bits per heavy atom. The first-order valence-electron chi connectivity index (χ1n) is 4.97. The van der Waals surface area contributed by atoms with Crippen molar-refractivity contribution in [3.8, 4) is 0 Å². The van der Waals surface area contributed by atoms with Gasteiger partial charge in [0.15, 0.2) is 6.61 Å². The lowest BCUT2D eigenvalue weighted by atomic mass is 10.2. The van der Waals surface area contributed by atoms with Crippen molar-refractivity contribution in [1.82, 2.24) is 0 Å². The van der Waals surface area contributed by atoms with E-state index in [4.69, 9.17) is 13.9 Å². The molecule has 1 aromatic rings. The molecule has 0 aliphatic carbocycles. The van der Waals surface area contributed by atoms with Gasteiger partial charge in [-0.25, -0.2) is 4.79 Å². The van der Waals surface area contributed by atoms with Crippen LogP contribution in [0.2, 0.25) is 0 Å². The van der Waals surface area contributed by atoms with Gasteiger partial charge in [-0.3, -0.25) is 0 Å². The third-order valence-corrected chi connectivity index (χ3v) is 1.61. The first kappa shape index (κ1) is 12.4. The van der Waals surface area contributed by atoms with Gasteiger partial charge in [0.2, 0.25) is 0 Å². The fraction of sp³-hybridized carbons (Fsp3) is 0.417. The van der Waals surface area contributed by atoms with Gasteiger partial charge in [-0.2, -0.15) is 0 Å². The monoisotopic (exact) mass is 224 g/mol. The van der Waals surface area contributed by atoms with Crippen molar-refractivity contribution < 1.29 is 18.7 Å². The maximum atomic E-state index is 11.2. The molecule has 0 amide bonds. The molecule has 0 saturated heterocycles. The number of carbonyl (C=O) groups is 1. The van der Waals surface area contributed by atoms with E-state index in [1.807, 2.05) is 0 Å². The van der Waals surface area contributed by atoms with Crippen molar-refractivity contribution in [2.75, 3.05) is 0 Å². The summed E-state index contributed by atoms with van der Waals surface area (Å²) in [6.07, 6.45) is 0.876. The summed E-state index contributed by atoms with van der Waals surface area (Å²) in [4.78, 5) is 11.2. The summed E-state index contributed by atoms with van der Waals surface area (Å²) in [7, 11) is 0. The van der Waals surface area contributed by atoms with E-state index < -0.39 is 11.8 Å². The van der Waals surface area contributed by atoms with E-state index in [0.717, 1.165) is 0 Å². The van der Waals surface area contributed by atoms with Gasteiger partial charge in [0, 0.05) is 0 Å². The summed E-state index contributed by atoms with van der Waals surface area (Å²) in [5.41, 5.74) is -0.549. The zero-order chi connectivity index (χ0) is 12.2. The predicted octanol–water partition coefficient (Wildman–Crippen LogP) is 3.37. The van der Waals surface area contributed by atoms with Crippen LogP contribution in [0.3, 0.4) is 0 Å². The zero-order valence-corrected chi connectivity index (χ0v) is 9.78. The number of ether oxygens (including phenoxy) is 2. The highest BCUT2D eigenvalue weighted by atomic mass is 16.7. The number of rotatable bonds is 3. The highest BCUT2D eigenvalue weighted by Crippen LogP contribution is 2.12. The molecule has 0 bridgehead atoms. The van der Waals surface area contributed by atoms with Crippen molar-refractivity contribution >= 4 is 12.2 Å². The molecule has 0 aromatic carbocycles. The Bertz CT molecular complexity index is 371. The third kappa shape index (κ3) is 4.21. The lowest BCUT2D eigenvalue weighted by molar-refractivity contribution is -0.0132. The number of hydrogen-bond acceptors (Lipinski definition) is 4. The summed E-state index contributed by atoms with van der Waals surface area (Å²) in [5.74, 6) is 1.20. The Kier molecular flexibility index (Phi) is 3.77. The average Bonchev–Trinajstić information content (AvgIpc) is 2.59. The van der Waals surface area contributed by atoms with Crippen LogP contribution in [0.15, 0.2) is 23.1 Å². The minimum Gasteiger partial charge on any atom is -0.458 e. The molecule has 0 fully saturated rings. The Hall–Kier alpha value is -1.71. The quantitative estimate of drug-likeness (QED) is 0.738. The molecule has 4 heteroatoms. The summed E-state index contributed by atoms with van der Waals surface area (Å²) >= 11 is 0. The number of furan rings is 1. The van der Waals surface area contributed by atoms with Crippen molar-refractivity contribution in [1.29, 1.82) is 0 Å². The van der Waals surface area contributed by atoms with Gasteiger partial charge in [-0.05, 0) is 39.0 Å². The lowest BCUT2D eigenvalue weighted by Crippen LogP contribution is -2.24. The van der Waals surface area contributed by atoms with Gasteiger partial charge in [-0.1, -0.05) is 6.58 Å². The van der Waals surface area contributed by atoms with E-state index in [0.29, 0.717) is 11.5 Å². The van der Waals surface area contributed by atoms with Crippen LogP contribution in [0.5, 0.6) is 0 Å². The van der Waals surface area contributed by atoms with E-state index in [-0.39, 0.29) is 6.61 Å². The van der Waals surface area contributed by atoms with E-state index in [1.165, 1.54) is 0 Å². The molecular weight excluding hydrogens is 208 g/mol. The summed E-state index contributed by atoms with van der Waals surface area (Å²) in [6.45, 7) is 8.94. The third-order valence-electron chi connectivity index (χ3n) is 1.61. The molecule has 4 nitrogen and oxygen atoms in total. The van der Waals surface area contributed by atoms with Crippen LogP contribution in [-0.2, 0) is 16.1 Å². The largest absolute Gasteiger partial charge is 0.509 e. The molecule has 88 valence electrons. The van der Waals surface area contributed by atoms with Gasteiger partial charge < -0.3 is 13.9 Å². The smallest absolute Gasteiger partial charge is 0.458 e. The van der Waals surface area contributed by atoms with E-state index >= 15 is 0 Å². The molecule has 0 aliphatic rings. The standard InChI is InChI=1S/C12H16O4/c1-5-9-6-7-10(15-9)8-14-11(13)16-12(2,3)4/h5-7H,1,8H2,2-4H3. The molecule has 0 radical (unpaired) electrons. The van der Waals surface area contributed by atoms with Gasteiger partial charge in [-0.15, -0.1) is 0 Å². The van der Waals surface area contributed by atoms with E-state index in [9.17, 15) is 4.79 Å². The molecular formula is C12H16O4. The normalized spacial score (nSPS) is 10.9. The first-order valence-corrected chi connectivity index (χ1v) is 4.97. The topological polar surface area (TPSA) is 48.7 Å². The van der Waals surface area contributed by atoms with Gasteiger partial charge in [0.25, 0.3) is 0 Å². The highest BCUT2D eigenvalue weighted by molar-refractivity contribution is 5.60. The van der Waals surface area contributed by atoms with Crippen molar-refractivity contribution in [2.24, 2.45) is 0 Å². The van der Waals surface area contributed by atoms with Gasteiger partial charge in [0.05, 0.1) is 0 Å². The Labute approximate surface area is 94.8 Å². The SMILES string of the molecule is C=Cc1ccc(COC(=O)OC(C)(C)C)o1. The van der Waals surface area contributed by atoms with Crippen LogP contribution in [0.25, 0.3) is 6.08 Å².